The Balaban J connectivity index is 1.53. The van der Waals surface area contributed by atoms with E-state index in [1.54, 1.807) is 11.8 Å². The molecule has 1 heterocycles. The molecule has 1 aromatic rings. The molecular formula is C9H16N4S. The van der Waals surface area contributed by atoms with E-state index in [0.29, 0.717) is 0 Å². The molecule has 0 aromatic carbocycles. The summed E-state index contributed by atoms with van der Waals surface area (Å²) in [6, 6.07) is 0. The van der Waals surface area contributed by atoms with E-state index in [4.69, 9.17) is 0 Å². The Kier molecular flexibility index (Phi) is 3.42. The maximum absolute atomic E-state index is 4.22. The van der Waals surface area contributed by atoms with Crippen LogP contribution in [0.2, 0.25) is 0 Å². The first-order valence-corrected chi connectivity index (χ1v) is 6.05. The van der Waals surface area contributed by atoms with Crippen molar-refractivity contribution >= 4 is 11.8 Å². The second-order valence-electron chi connectivity index (χ2n) is 3.70. The van der Waals surface area contributed by atoms with Gasteiger partial charge in [-0.2, -0.15) is 0 Å². The molecule has 14 heavy (non-hydrogen) atoms. The summed E-state index contributed by atoms with van der Waals surface area (Å²) in [7, 11) is 0. The van der Waals surface area contributed by atoms with Crippen molar-refractivity contribution in [3.63, 3.8) is 0 Å². The highest BCUT2D eigenvalue weighted by atomic mass is 32.2. The number of thioether (sulfide) groups is 1. The lowest BCUT2D eigenvalue weighted by Gasteiger charge is -2.00. The van der Waals surface area contributed by atoms with E-state index in [2.05, 4.69) is 20.5 Å². The van der Waals surface area contributed by atoms with Crippen molar-refractivity contribution < 1.29 is 0 Å². The van der Waals surface area contributed by atoms with Crippen LogP contribution >= 0.6 is 11.8 Å². The highest BCUT2D eigenvalue weighted by molar-refractivity contribution is 7.99. The molecule has 1 aromatic heterocycles. The molecule has 0 aliphatic heterocycles. The second kappa shape index (κ2) is 4.79. The first-order valence-electron chi connectivity index (χ1n) is 5.07. The molecule has 1 saturated carbocycles. The predicted octanol–water partition coefficient (Wildman–Crippen LogP) is 1.20. The predicted molar refractivity (Wildman–Crippen MR) is 57.4 cm³/mol. The van der Waals surface area contributed by atoms with Crippen molar-refractivity contribution in [2.45, 2.75) is 24.9 Å². The second-order valence-corrected chi connectivity index (χ2v) is 4.76. The van der Waals surface area contributed by atoms with Gasteiger partial charge in [0.05, 0.1) is 0 Å². The van der Waals surface area contributed by atoms with Gasteiger partial charge < -0.3 is 5.32 Å². The first kappa shape index (κ1) is 9.98. The van der Waals surface area contributed by atoms with Crippen LogP contribution in [0.3, 0.4) is 0 Å². The highest BCUT2D eigenvalue weighted by Gasteiger charge is 2.19. The number of rotatable bonds is 6. The lowest BCUT2D eigenvalue weighted by molar-refractivity contribution is 0.665. The molecule has 2 N–H and O–H groups in total. The molecule has 0 radical (unpaired) electrons. The zero-order valence-electron chi connectivity index (χ0n) is 8.42. The molecule has 0 bridgehead atoms. The minimum Gasteiger partial charge on any atom is -0.316 e. The van der Waals surface area contributed by atoms with E-state index in [9.17, 15) is 0 Å². The lowest BCUT2D eigenvalue weighted by atomic mass is 10.4. The third-order valence-corrected chi connectivity index (χ3v) is 3.07. The normalized spacial score (nSPS) is 16.1. The molecule has 1 aliphatic carbocycles. The van der Waals surface area contributed by atoms with Gasteiger partial charge in [0.1, 0.15) is 5.82 Å². The molecular weight excluding hydrogens is 196 g/mol. The van der Waals surface area contributed by atoms with Crippen LogP contribution in [-0.4, -0.2) is 34.0 Å². The largest absolute Gasteiger partial charge is 0.316 e. The van der Waals surface area contributed by atoms with Crippen LogP contribution in [0.15, 0.2) is 5.16 Å². The minimum absolute atomic E-state index is 0.857. The number of hydrogen-bond donors (Lipinski definition) is 2. The topological polar surface area (TPSA) is 53.6 Å². The number of aromatic amines is 1. The van der Waals surface area contributed by atoms with Gasteiger partial charge in [0.15, 0.2) is 0 Å². The molecule has 0 spiro atoms. The van der Waals surface area contributed by atoms with Gasteiger partial charge in [-0.15, -0.1) is 5.10 Å². The van der Waals surface area contributed by atoms with E-state index in [1.807, 2.05) is 6.92 Å². The van der Waals surface area contributed by atoms with E-state index in [0.717, 1.165) is 29.2 Å². The molecule has 0 saturated heterocycles. The molecule has 78 valence electrons. The molecule has 1 fully saturated rings. The Labute approximate surface area is 88.3 Å². The fraction of sp³-hybridized carbons (Fsp3) is 0.778. The minimum atomic E-state index is 0.857. The number of aromatic nitrogens is 3. The van der Waals surface area contributed by atoms with E-state index in [-0.39, 0.29) is 0 Å². The van der Waals surface area contributed by atoms with Gasteiger partial charge >= 0.3 is 0 Å². The fourth-order valence-electron chi connectivity index (χ4n) is 1.23. The number of nitrogens with one attached hydrogen (secondary N) is 2. The Morgan fingerprint density at radius 2 is 2.43 bits per heavy atom. The monoisotopic (exact) mass is 212 g/mol. The van der Waals surface area contributed by atoms with Crippen LogP contribution in [0.5, 0.6) is 0 Å². The standard InChI is InChI=1S/C9H16N4S/c1-7-11-9(13-12-7)14-5-4-10-6-8-2-3-8/h8,10H,2-6H2,1H3,(H,11,12,13). The summed E-state index contributed by atoms with van der Waals surface area (Å²) >= 11 is 1.70. The van der Waals surface area contributed by atoms with Crippen LogP contribution in [0.4, 0.5) is 0 Å². The fourth-order valence-corrected chi connectivity index (χ4v) is 1.97. The van der Waals surface area contributed by atoms with Gasteiger partial charge in [-0.05, 0) is 32.2 Å². The Bertz CT molecular complexity index is 282. The van der Waals surface area contributed by atoms with Gasteiger partial charge in [0, 0.05) is 12.3 Å². The maximum atomic E-state index is 4.22. The lowest BCUT2D eigenvalue weighted by Crippen LogP contribution is -2.19. The quantitative estimate of drug-likeness (QED) is 0.549. The summed E-state index contributed by atoms with van der Waals surface area (Å²) in [5.74, 6) is 2.90. The summed E-state index contributed by atoms with van der Waals surface area (Å²) in [5.41, 5.74) is 0. The smallest absolute Gasteiger partial charge is 0.208 e. The summed E-state index contributed by atoms with van der Waals surface area (Å²) in [6.07, 6.45) is 2.83. The van der Waals surface area contributed by atoms with Crippen LogP contribution in [-0.2, 0) is 0 Å². The zero-order valence-corrected chi connectivity index (χ0v) is 9.23. The Hall–Kier alpha value is -0.550. The molecule has 0 atom stereocenters. The number of aryl methyl sites for hydroxylation is 1. The van der Waals surface area contributed by atoms with Crippen molar-refractivity contribution in [3.8, 4) is 0 Å². The Morgan fingerprint density at radius 3 is 3.07 bits per heavy atom. The van der Waals surface area contributed by atoms with Gasteiger partial charge in [0.2, 0.25) is 5.16 Å². The molecule has 4 nitrogen and oxygen atoms in total. The third-order valence-electron chi connectivity index (χ3n) is 2.22. The van der Waals surface area contributed by atoms with Crippen molar-refractivity contribution in [1.82, 2.24) is 20.5 Å². The van der Waals surface area contributed by atoms with Gasteiger partial charge in [-0.1, -0.05) is 11.8 Å². The van der Waals surface area contributed by atoms with Crippen LogP contribution < -0.4 is 5.32 Å². The molecule has 2 rings (SSSR count). The van der Waals surface area contributed by atoms with Crippen LogP contribution in [0, 0.1) is 12.8 Å². The van der Waals surface area contributed by atoms with Crippen molar-refractivity contribution in [2.75, 3.05) is 18.8 Å². The van der Waals surface area contributed by atoms with Gasteiger partial charge in [0.25, 0.3) is 0 Å². The molecule has 0 amide bonds. The summed E-state index contributed by atoms with van der Waals surface area (Å²) < 4.78 is 0. The Morgan fingerprint density at radius 1 is 1.57 bits per heavy atom. The van der Waals surface area contributed by atoms with Crippen LogP contribution in [0.25, 0.3) is 0 Å². The summed E-state index contributed by atoms with van der Waals surface area (Å²) in [5, 5.41) is 11.2. The SMILES string of the molecule is Cc1nc(SCCNCC2CC2)n[nH]1. The maximum Gasteiger partial charge on any atom is 0.208 e. The van der Waals surface area contributed by atoms with Crippen molar-refractivity contribution in [2.24, 2.45) is 5.92 Å². The van der Waals surface area contributed by atoms with E-state index in [1.165, 1.54) is 19.4 Å². The highest BCUT2D eigenvalue weighted by Crippen LogP contribution is 2.27. The third kappa shape index (κ3) is 3.31. The number of hydrogen-bond acceptors (Lipinski definition) is 4. The zero-order chi connectivity index (χ0) is 9.80. The average molecular weight is 212 g/mol. The van der Waals surface area contributed by atoms with E-state index >= 15 is 0 Å². The number of nitrogens with zero attached hydrogens (tertiary/aromatic N) is 2. The number of H-pyrrole nitrogens is 1. The molecule has 0 unspecified atom stereocenters. The van der Waals surface area contributed by atoms with Gasteiger partial charge in [-0.25, -0.2) is 4.98 Å². The van der Waals surface area contributed by atoms with Crippen molar-refractivity contribution in [3.05, 3.63) is 5.82 Å². The molecule has 1 aliphatic rings. The average Bonchev–Trinajstić information content (AvgIpc) is 2.89. The summed E-state index contributed by atoms with van der Waals surface area (Å²) in [4.78, 5) is 4.22. The first-order chi connectivity index (χ1) is 6.84. The van der Waals surface area contributed by atoms with Gasteiger partial charge in [-0.3, -0.25) is 5.10 Å². The van der Waals surface area contributed by atoms with Crippen LogP contribution in [0.1, 0.15) is 18.7 Å². The van der Waals surface area contributed by atoms with Crippen molar-refractivity contribution in [1.29, 1.82) is 0 Å². The summed E-state index contributed by atoms with van der Waals surface area (Å²) in [6.45, 7) is 4.16. The van der Waals surface area contributed by atoms with E-state index < -0.39 is 0 Å². The molecule has 5 heteroatoms.